The standard InChI is InChI=1S/C16H22N2O2/c19-16(17-9-6-13-4-2-1-3-5-13)20-15-12-18-10-7-14(15)8-11-18/h1-5,14-15H,6-12H2,(H,17,19)/t15-/m0/s1. The fraction of sp³-hybridized carbons (Fsp3) is 0.562. The number of rotatable bonds is 4. The molecule has 3 saturated heterocycles. The number of alkyl carbamates (subject to hydrolysis) is 1. The van der Waals surface area contributed by atoms with E-state index < -0.39 is 0 Å². The van der Waals surface area contributed by atoms with E-state index in [-0.39, 0.29) is 12.2 Å². The van der Waals surface area contributed by atoms with E-state index in [1.807, 2.05) is 18.2 Å². The molecule has 0 radical (unpaired) electrons. The van der Waals surface area contributed by atoms with Gasteiger partial charge in [0.05, 0.1) is 0 Å². The molecule has 1 amide bonds. The number of amides is 1. The summed E-state index contributed by atoms with van der Waals surface area (Å²) in [4.78, 5) is 14.2. The molecule has 0 saturated carbocycles. The molecular weight excluding hydrogens is 252 g/mol. The van der Waals surface area contributed by atoms with E-state index in [1.54, 1.807) is 0 Å². The summed E-state index contributed by atoms with van der Waals surface area (Å²) >= 11 is 0. The van der Waals surface area contributed by atoms with Gasteiger partial charge < -0.3 is 10.1 Å². The lowest BCUT2D eigenvalue weighted by Crippen LogP contribution is -2.52. The second-order valence-electron chi connectivity index (χ2n) is 5.74. The molecule has 3 aliphatic rings. The molecule has 4 heteroatoms. The third-order valence-corrected chi connectivity index (χ3v) is 4.38. The fourth-order valence-corrected chi connectivity index (χ4v) is 3.18. The van der Waals surface area contributed by atoms with E-state index in [2.05, 4.69) is 22.3 Å². The smallest absolute Gasteiger partial charge is 0.407 e. The summed E-state index contributed by atoms with van der Waals surface area (Å²) in [6.07, 6.45) is 3.01. The number of hydrogen-bond donors (Lipinski definition) is 1. The van der Waals surface area contributed by atoms with Crippen LogP contribution in [0.3, 0.4) is 0 Å². The Bertz CT molecular complexity index is 441. The van der Waals surface area contributed by atoms with Crippen LogP contribution in [-0.4, -0.2) is 43.3 Å². The number of nitrogens with zero attached hydrogens (tertiary/aromatic N) is 1. The predicted octanol–water partition coefficient (Wildman–Crippen LogP) is 2.05. The van der Waals surface area contributed by atoms with Crippen molar-refractivity contribution in [3.8, 4) is 0 Å². The molecule has 0 spiro atoms. The minimum Gasteiger partial charge on any atom is -0.445 e. The number of carbonyl (C=O) groups excluding carboxylic acids is 1. The number of nitrogens with one attached hydrogen (secondary N) is 1. The molecule has 20 heavy (non-hydrogen) atoms. The summed E-state index contributed by atoms with van der Waals surface area (Å²) in [6.45, 7) is 3.88. The largest absolute Gasteiger partial charge is 0.445 e. The molecular formula is C16H22N2O2. The second kappa shape index (κ2) is 6.27. The van der Waals surface area contributed by atoms with Crippen LogP contribution in [0.15, 0.2) is 30.3 Å². The Morgan fingerprint density at radius 3 is 2.65 bits per heavy atom. The van der Waals surface area contributed by atoms with Gasteiger partial charge in [0, 0.05) is 13.1 Å². The molecule has 1 N–H and O–H groups in total. The van der Waals surface area contributed by atoms with Crippen molar-refractivity contribution in [3.05, 3.63) is 35.9 Å². The quantitative estimate of drug-likeness (QED) is 0.913. The lowest BCUT2D eigenvalue weighted by molar-refractivity contribution is -0.0330. The van der Waals surface area contributed by atoms with Gasteiger partial charge >= 0.3 is 6.09 Å². The lowest BCUT2D eigenvalue weighted by atomic mass is 9.86. The number of piperidine rings is 3. The van der Waals surface area contributed by atoms with Crippen molar-refractivity contribution in [2.24, 2.45) is 5.92 Å². The molecule has 4 rings (SSSR count). The second-order valence-corrected chi connectivity index (χ2v) is 5.74. The summed E-state index contributed by atoms with van der Waals surface area (Å²) in [5, 5.41) is 2.86. The zero-order valence-electron chi connectivity index (χ0n) is 11.8. The Labute approximate surface area is 120 Å². The minimum atomic E-state index is -0.264. The van der Waals surface area contributed by atoms with Gasteiger partial charge in [-0.3, -0.25) is 4.90 Å². The Morgan fingerprint density at radius 2 is 2.00 bits per heavy atom. The molecule has 2 bridgehead atoms. The molecule has 3 aliphatic heterocycles. The van der Waals surface area contributed by atoms with Crippen LogP contribution in [0.25, 0.3) is 0 Å². The normalized spacial score (nSPS) is 28.1. The Morgan fingerprint density at radius 1 is 1.25 bits per heavy atom. The van der Waals surface area contributed by atoms with Crippen molar-refractivity contribution >= 4 is 6.09 Å². The predicted molar refractivity (Wildman–Crippen MR) is 77.6 cm³/mol. The molecule has 0 aromatic heterocycles. The van der Waals surface area contributed by atoms with Crippen LogP contribution in [0.1, 0.15) is 18.4 Å². The number of fused-ring (bicyclic) bond motifs is 3. The Kier molecular flexibility index (Phi) is 4.21. The maximum Gasteiger partial charge on any atom is 0.407 e. The van der Waals surface area contributed by atoms with E-state index >= 15 is 0 Å². The average molecular weight is 274 g/mol. The molecule has 0 unspecified atom stereocenters. The summed E-state index contributed by atoms with van der Waals surface area (Å²) < 4.78 is 5.57. The van der Waals surface area contributed by atoms with E-state index in [1.165, 1.54) is 31.5 Å². The first-order chi connectivity index (χ1) is 9.81. The highest BCUT2D eigenvalue weighted by atomic mass is 16.6. The van der Waals surface area contributed by atoms with Crippen LogP contribution in [0.4, 0.5) is 4.79 Å². The third-order valence-electron chi connectivity index (χ3n) is 4.38. The van der Waals surface area contributed by atoms with Gasteiger partial charge in [-0.05, 0) is 43.8 Å². The lowest BCUT2D eigenvalue weighted by Gasteiger charge is -2.43. The maximum absolute atomic E-state index is 11.8. The first-order valence-electron chi connectivity index (χ1n) is 7.52. The molecule has 1 aromatic carbocycles. The average Bonchev–Trinajstić information content (AvgIpc) is 2.49. The van der Waals surface area contributed by atoms with Gasteiger partial charge in [-0.15, -0.1) is 0 Å². The van der Waals surface area contributed by atoms with Gasteiger partial charge in [-0.25, -0.2) is 4.79 Å². The van der Waals surface area contributed by atoms with Gasteiger partial charge in [0.25, 0.3) is 0 Å². The summed E-state index contributed by atoms with van der Waals surface area (Å²) in [5.74, 6) is 0.569. The van der Waals surface area contributed by atoms with E-state index in [9.17, 15) is 4.79 Å². The van der Waals surface area contributed by atoms with Crippen molar-refractivity contribution in [2.75, 3.05) is 26.2 Å². The molecule has 108 valence electrons. The van der Waals surface area contributed by atoms with Gasteiger partial charge in [-0.1, -0.05) is 30.3 Å². The first kappa shape index (κ1) is 13.4. The highest BCUT2D eigenvalue weighted by Gasteiger charge is 2.36. The highest BCUT2D eigenvalue weighted by molar-refractivity contribution is 5.67. The molecule has 1 atom stereocenters. The number of hydrogen-bond acceptors (Lipinski definition) is 3. The van der Waals surface area contributed by atoms with Gasteiger partial charge in [0.15, 0.2) is 0 Å². The summed E-state index contributed by atoms with van der Waals surface area (Å²) in [7, 11) is 0. The molecule has 4 nitrogen and oxygen atoms in total. The molecule has 3 heterocycles. The topological polar surface area (TPSA) is 41.6 Å². The first-order valence-corrected chi connectivity index (χ1v) is 7.52. The number of ether oxygens (including phenoxy) is 1. The van der Waals surface area contributed by atoms with Gasteiger partial charge in [-0.2, -0.15) is 0 Å². The minimum absolute atomic E-state index is 0.0919. The van der Waals surface area contributed by atoms with Crippen LogP contribution >= 0.6 is 0 Å². The monoisotopic (exact) mass is 274 g/mol. The highest BCUT2D eigenvalue weighted by Crippen LogP contribution is 2.29. The Balaban J connectivity index is 1.39. The van der Waals surface area contributed by atoms with Crippen LogP contribution in [0.2, 0.25) is 0 Å². The van der Waals surface area contributed by atoms with Crippen LogP contribution in [0.5, 0.6) is 0 Å². The third kappa shape index (κ3) is 3.31. The van der Waals surface area contributed by atoms with Crippen molar-refractivity contribution in [3.63, 3.8) is 0 Å². The molecule has 3 fully saturated rings. The zero-order valence-corrected chi connectivity index (χ0v) is 11.8. The number of carbonyl (C=O) groups is 1. The molecule has 0 aliphatic carbocycles. The van der Waals surface area contributed by atoms with E-state index in [0.717, 1.165) is 13.0 Å². The van der Waals surface area contributed by atoms with Crippen LogP contribution in [-0.2, 0) is 11.2 Å². The van der Waals surface area contributed by atoms with Crippen molar-refractivity contribution in [2.45, 2.75) is 25.4 Å². The van der Waals surface area contributed by atoms with E-state index in [4.69, 9.17) is 4.74 Å². The Hall–Kier alpha value is -1.55. The number of benzene rings is 1. The summed E-state index contributed by atoms with van der Waals surface area (Å²) in [6, 6.07) is 10.2. The van der Waals surface area contributed by atoms with Crippen molar-refractivity contribution in [1.82, 2.24) is 10.2 Å². The SMILES string of the molecule is O=C(NCCc1ccccc1)O[C@H]1CN2CCC1CC2. The van der Waals surface area contributed by atoms with E-state index in [0.29, 0.717) is 12.5 Å². The fourth-order valence-electron chi connectivity index (χ4n) is 3.18. The maximum atomic E-state index is 11.8. The molecule has 1 aromatic rings. The van der Waals surface area contributed by atoms with Gasteiger partial charge in [0.2, 0.25) is 0 Å². The zero-order chi connectivity index (χ0) is 13.8. The van der Waals surface area contributed by atoms with Crippen molar-refractivity contribution < 1.29 is 9.53 Å². The van der Waals surface area contributed by atoms with Crippen LogP contribution in [0, 0.1) is 5.92 Å². The summed E-state index contributed by atoms with van der Waals surface area (Å²) in [5.41, 5.74) is 1.23. The van der Waals surface area contributed by atoms with Crippen LogP contribution < -0.4 is 5.32 Å². The van der Waals surface area contributed by atoms with Crippen molar-refractivity contribution in [1.29, 1.82) is 0 Å². The van der Waals surface area contributed by atoms with Gasteiger partial charge in [0.1, 0.15) is 6.10 Å².